The molecule has 7 aromatic carbocycles. The van der Waals surface area contributed by atoms with Gasteiger partial charge in [-0.2, -0.15) is 0 Å². The smallest absolute Gasteiger partial charge is 0.217 e. The fraction of sp³-hybridized carbons (Fsp3) is 0.457. The molecule has 0 aromatic heterocycles. The van der Waals surface area contributed by atoms with E-state index >= 15 is 0 Å². The van der Waals surface area contributed by atoms with Gasteiger partial charge in [-0.1, -0.05) is 251 Å². The molecule has 14 heteroatoms. The van der Waals surface area contributed by atoms with Crippen LogP contribution in [0.25, 0.3) is 0 Å². The summed E-state index contributed by atoms with van der Waals surface area (Å²) in [5.74, 6) is -1.34. The van der Waals surface area contributed by atoms with Gasteiger partial charge in [-0.05, 0) is 71.6 Å². The molecule has 95 heavy (non-hydrogen) atoms. The van der Waals surface area contributed by atoms with E-state index in [0.717, 1.165) is 90.2 Å². The van der Waals surface area contributed by atoms with Crippen LogP contribution in [0.1, 0.15) is 123 Å². The average Bonchev–Trinajstić information content (AvgIpc) is 0.783. The van der Waals surface area contributed by atoms with Gasteiger partial charge in [0.05, 0.1) is 108 Å². The summed E-state index contributed by atoms with van der Waals surface area (Å²) in [5, 5.41) is 17.2. The van der Waals surface area contributed by atoms with E-state index in [1.807, 2.05) is 159 Å². The molecule has 0 aliphatic carbocycles. The van der Waals surface area contributed by atoms with Gasteiger partial charge in [-0.3, -0.25) is 4.79 Å². The Bertz CT molecular complexity index is 3210. The lowest BCUT2D eigenvalue weighted by Crippen LogP contribution is -2.65. The van der Waals surface area contributed by atoms with E-state index in [1.165, 1.54) is 0 Å². The molecule has 15 atom stereocenters. The maximum absolute atomic E-state index is 13.8. The molecule has 0 saturated carbocycles. The summed E-state index contributed by atoms with van der Waals surface area (Å²) in [6.45, 7) is 5.93. The van der Waals surface area contributed by atoms with Crippen LogP contribution in [-0.2, 0) is 103 Å². The van der Waals surface area contributed by atoms with Gasteiger partial charge in [0.2, 0.25) is 5.91 Å². The molecule has 0 unspecified atom stereocenters. The molecule has 3 saturated heterocycles. The molecule has 0 radical (unpaired) electrons. The molecule has 0 bridgehead atoms. The molecule has 1 amide bonds. The number of unbranched alkanes of at least 4 members (excludes halogenated alkanes) is 7. The van der Waals surface area contributed by atoms with Crippen molar-refractivity contribution < 1.29 is 62.1 Å². The third kappa shape index (κ3) is 22.1. The summed E-state index contributed by atoms with van der Waals surface area (Å²) >= 11 is 0. The molecule has 3 fully saturated rings. The van der Waals surface area contributed by atoms with Gasteiger partial charge < -0.3 is 62.6 Å². The maximum Gasteiger partial charge on any atom is 0.217 e. The van der Waals surface area contributed by atoms with Crippen LogP contribution in [0.15, 0.2) is 212 Å². The standard InChI is InChI=1S/C81H99NO13/c1-59-77(88-52-63-36-20-11-21-37-63)81(92-56-67-44-28-15-29-45-67)80(91-55-66-42-26-14-27-43-66)72(93-59)48-68-71(95-74(58-87-51-62-34-18-10-19-35-62)79(76(68)85)90-54-65-40-24-13-25-41-65)49-69-73(57-86-50-61-32-16-9-17-33-61)94-70(46-30-7-5-3-4-6-8-31-47-83)75(82-60(2)84)78(69)89-53-64-38-22-12-23-39-64/h9-29,32-45,47,59,68-81,85H,3-8,30-31,46,48-58H2,1-2H3,(H,82,84)/t59-,68-,69+,70-,71-,72-,73+,74+,75-,76+,77+,78-,79-,80+,81+/m0/s1. The van der Waals surface area contributed by atoms with Crippen molar-refractivity contribution in [2.75, 3.05) is 13.2 Å². The van der Waals surface area contributed by atoms with Crippen molar-refractivity contribution in [3.05, 3.63) is 251 Å². The van der Waals surface area contributed by atoms with Crippen LogP contribution in [0.3, 0.4) is 0 Å². The summed E-state index contributed by atoms with van der Waals surface area (Å²) in [5.41, 5.74) is 6.96. The molecule has 3 aliphatic rings. The van der Waals surface area contributed by atoms with Gasteiger partial charge in [0.15, 0.2) is 0 Å². The fourth-order valence-electron chi connectivity index (χ4n) is 13.9. The Hall–Kier alpha value is -6.76. The highest BCUT2D eigenvalue weighted by Crippen LogP contribution is 2.43. The number of aliphatic hydroxyl groups is 1. The molecular formula is C81H99NO13. The minimum absolute atomic E-state index is 0.109. The SMILES string of the molecule is CC(=O)N[C@@H]1[C@@H](OCc2ccccc2)[C@H](C[C@@H]2O[C@H](COCc3ccccc3)[C@H](OCc3ccccc3)[C@H](O)[C@H]2C[C@@H]2O[C@@H](C)[C@@H](OCc3ccccc3)[C@@H](OCc3ccccc3)[C@@H]2OCc2ccccc2)[C@@H](COCc2ccccc2)O[C@H]1CCCCCCCCCC=O. The van der Waals surface area contributed by atoms with Gasteiger partial charge >= 0.3 is 0 Å². The number of amides is 1. The van der Waals surface area contributed by atoms with Gasteiger partial charge in [0.25, 0.3) is 0 Å². The van der Waals surface area contributed by atoms with E-state index in [2.05, 4.69) is 66.0 Å². The largest absolute Gasteiger partial charge is 0.390 e. The second-order valence-electron chi connectivity index (χ2n) is 25.8. The van der Waals surface area contributed by atoms with Crippen LogP contribution >= 0.6 is 0 Å². The first-order valence-electron chi connectivity index (χ1n) is 34.6. The van der Waals surface area contributed by atoms with E-state index in [-0.39, 0.29) is 45.4 Å². The predicted octanol–water partition coefficient (Wildman–Crippen LogP) is 14.3. The molecule has 0 spiro atoms. The number of nitrogens with one attached hydrogen (secondary N) is 1. The van der Waals surface area contributed by atoms with E-state index in [0.29, 0.717) is 45.7 Å². The van der Waals surface area contributed by atoms with Crippen LogP contribution in [-0.4, -0.2) is 110 Å². The number of aldehydes is 1. The number of benzene rings is 7. The Balaban J connectivity index is 1.04. The van der Waals surface area contributed by atoms with E-state index in [1.54, 1.807) is 6.92 Å². The Morgan fingerprint density at radius 3 is 1.22 bits per heavy atom. The normalized spacial score (nSPS) is 26.0. The highest BCUT2D eigenvalue weighted by atomic mass is 16.6. The van der Waals surface area contributed by atoms with Crippen LogP contribution in [0.4, 0.5) is 0 Å². The fourth-order valence-corrected chi connectivity index (χ4v) is 13.9. The lowest BCUT2D eigenvalue weighted by Gasteiger charge is -2.52. The molecule has 10 rings (SSSR count). The van der Waals surface area contributed by atoms with Gasteiger partial charge in [-0.15, -0.1) is 0 Å². The molecule has 14 nitrogen and oxygen atoms in total. The van der Waals surface area contributed by atoms with Gasteiger partial charge in [0.1, 0.15) is 36.8 Å². The van der Waals surface area contributed by atoms with E-state index in [4.69, 9.17) is 47.4 Å². The lowest BCUT2D eigenvalue weighted by molar-refractivity contribution is -0.279. The zero-order valence-electron chi connectivity index (χ0n) is 55.4. The first-order valence-corrected chi connectivity index (χ1v) is 34.6. The van der Waals surface area contributed by atoms with Gasteiger partial charge in [0, 0.05) is 25.2 Å². The third-order valence-electron chi connectivity index (χ3n) is 18.7. The summed E-state index contributed by atoms with van der Waals surface area (Å²) in [4.78, 5) is 24.8. The van der Waals surface area contributed by atoms with E-state index < -0.39 is 91.1 Å². The number of rotatable bonds is 38. The van der Waals surface area contributed by atoms with Crippen molar-refractivity contribution in [1.29, 1.82) is 0 Å². The minimum Gasteiger partial charge on any atom is -0.390 e. The van der Waals surface area contributed by atoms with Gasteiger partial charge in [-0.25, -0.2) is 0 Å². The zero-order valence-corrected chi connectivity index (χ0v) is 55.4. The summed E-state index contributed by atoms with van der Waals surface area (Å²) in [6.07, 6.45) is 1.70. The number of hydrogen-bond donors (Lipinski definition) is 2. The summed E-state index contributed by atoms with van der Waals surface area (Å²) in [6, 6.07) is 70.1. The first-order chi connectivity index (χ1) is 46.8. The number of aliphatic hydroxyl groups excluding tert-OH is 1. The molecule has 2 N–H and O–H groups in total. The number of ether oxygens (including phenoxy) is 10. The summed E-state index contributed by atoms with van der Waals surface area (Å²) < 4.78 is 71.6. The molecule has 3 heterocycles. The second-order valence-corrected chi connectivity index (χ2v) is 25.8. The Morgan fingerprint density at radius 2 is 0.768 bits per heavy atom. The van der Waals surface area contributed by atoms with Crippen molar-refractivity contribution in [2.45, 2.75) is 210 Å². The molecular weight excluding hydrogens is 1190 g/mol. The Kier molecular flexibility index (Phi) is 29.0. The zero-order chi connectivity index (χ0) is 65.7. The number of carbonyl (C=O) groups excluding carboxylic acids is 2. The second kappa shape index (κ2) is 38.8. The predicted molar refractivity (Wildman–Crippen MR) is 366 cm³/mol. The Morgan fingerprint density at radius 1 is 0.400 bits per heavy atom. The quantitative estimate of drug-likeness (QED) is 0.0278. The molecule has 506 valence electrons. The average molecular weight is 1290 g/mol. The van der Waals surface area contributed by atoms with Crippen LogP contribution in [0, 0.1) is 11.8 Å². The van der Waals surface area contributed by atoms with Crippen molar-refractivity contribution in [1.82, 2.24) is 5.32 Å². The minimum atomic E-state index is -1.14. The van der Waals surface area contributed by atoms with E-state index in [9.17, 15) is 14.7 Å². The summed E-state index contributed by atoms with van der Waals surface area (Å²) in [7, 11) is 0. The molecule has 7 aromatic rings. The third-order valence-corrected chi connectivity index (χ3v) is 18.7. The van der Waals surface area contributed by atoms with Crippen molar-refractivity contribution in [3.63, 3.8) is 0 Å². The van der Waals surface area contributed by atoms with Crippen LogP contribution in [0.5, 0.6) is 0 Å². The topological polar surface area (TPSA) is 159 Å². The van der Waals surface area contributed by atoms with Crippen LogP contribution in [0.2, 0.25) is 0 Å². The lowest BCUT2D eigenvalue weighted by atomic mass is 9.74. The number of carbonyl (C=O) groups is 2. The highest BCUT2D eigenvalue weighted by molar-refractivity contribution is 5.73. The first kappa shape index (κ1) is 71.0. The highest BCUT2D eigenvalue weighted by Gasteiger charge is 2.55. The van der Waals surface area contributed by atoms with Crippen molar-refractivity contribution >= 4 is 12.2 Å². The van der Waals surface area contributed by atoms with Crippen molar-refractivity contribution in [2.24, 2.45) is 11.8 Å². The maximum atomic E-state index is 13.8. The monoisotopic (exact) mass is 1290 g/mol. The Labute approximate surface area is 563 Å². The van der Waals surface area contributed by atoms with Crippen molar-refractivity contribution in [3.8, 4) is 0 Å². The number of hydrogen-bond acceptors (Lipinski definition) is 13. The molecule has 3 aliphatic heterocycles. The van der Waals surface area contributed by atoms with Crippen LogP contribution < -0.4 is 5.32 Å².